The number of aromatic nitrogens is 4. The zero-order valence-corrected chi connectivity index (χ0v) is 24.3. The van der Waals surface area contributed by atoms with E-state index in [0.717, 1.165) is 34.0 Å². The number of hydrogen-bond donors (Lipinski definition) is 0. The average molecular weight is 575 g/mol. The van der Waals surface area contributed by atoms with Gasteiger partial charge in [0, 0.05) is 43.9 Å². The monoisotopic (exact) mass is 574 g/mol. The van der Waals surface area contributed by atoms with E-state index in [1.807, 2.05) is 6.07 Å². The van der Waals surface area contributed by atoms with E-state index in [4.69, 9.17) is 9.97 Å². The summed E-state index contributed by atoms with van der Waals surface area (Å²) in [6.45, 7) is 0. The third kappa shape index (κ3) is 3.48. The summed E-state index contributed by atoms with van der Waals surface area (Å²) in [5.41, 5.74) is 11.4. The molecule has 0 radical (unpaired) electrons. The van der Waals surface area contributed by atoms with Crippen LogP contribution in [0.15, 0.2) is 152 Å². The summed E-state index contributed by atoms with van der Waals surface area (Å²) in [5.74, 6) is 0.764. The topological polar surface area (TPSA) is 35.6 Å². The van der Waals surface area contributed by atoms with Gasteiger partial charge in [-0.3, -0.25) is 0 Å². The Bertz CT molecular complexity index is 2580. The van der Waals surface area contributed by atoms with Crippen molar-refractivity contribution in [2.75, 3.05) is 0 Å². The van der Waals surface area contributed by atoms with Crippen molar-refractivity contribution in [2.45, 2.75) is 6.04 Å². The zero-order chi connectivity index (χ0) is 29.5. The van der Waals surface area contributed by atoms with Crippen LogP contribution in [0, 0.1) is 0 Å². The number of nitrogens with zero attached hydrogens (tertiary/aromatic N) is 4. The highest BCUT2D eigenvalue weighted by molar-refractivity contribution is 6.23. The van der Waals surface area contributed by atoms with Gasteiger partial charge in [0.25, 0.3) is 0 Å². The second kappa shape index (κ2) is 9.25. The molecule has 0 N–H and O–H groups in total. The standard InChI is InChI=1S/C41H26N4/c1-4-14-26(15-5-1)36-35-37(43-41(42-36)27-16-6-2-7-17-27)40(35)45-34-23-13-11-21-30(34)32-25-24-31-29-20-10-12-22-33(29)44(38(31)39(32)45)28-18-8-3-9-19-28/h1-25,40H. The van der Waals surface area contributed by atoms with Crippen LogP contribution in [0.3, 0.4) is 0 Å². The molecule has 1 unspecified atom stereocenters. The fraction of sp³-hybridized carbons (Fsp3) is 0.0244. The van der Waals surface area contributed by atoms with Gasteiger partial charge in [0.05, 0.1) is 33.5 Å². The summed E-state index contributed by atoms with van der Waals surface area (Å²) in [6.07, 6.45) is 0. The van der Waals surface area contributed by atoms with Crippen LogP contribution in [0.5, 0.6) is 0 Å². The van der Waals surface area contributed by atoms with Gasteiger partial charge in [-0.05, 0) is 24.3 Å². The first-order valence-corrected chi connectivity index (χ1v) is 15.4. The van der Waals surface area contributed by atoms with Crippen molar-refractivity contribution < 1.29 is 0 Å². The third-order valence-corrected chi connectivity index (χ3v) is 9.28. The first-order valence-electron chi connectivity index (χ1n) is 15.4. The summed E-state index contributed by atoms with van der Waals surface area (Å²) < 4.78 is 4.97. The highest BCUT2D eigenvalue weighted by Crippen LogP contribution is 2.53. The molecule has 0 amide bonds. The van der Waals surface area contributed by atoms with E-state index in [9.17, 15) is 0 Å². The molecule has 0 saturated heterocycles. The molecule has 1 aliphatic rings. The van der Waals surface area contributed by atoms with E-state index in [1.54, 1.807) is 0 Å². The lowest BCUT2D eigenvalue weighted by Gasteiger charge is -2.12. The highest BCUT2D eigenvalue weighted by Gasteiger charge is 2.43. The van der Waals surface area contributed by atoms with Gasteiger partial charge in [-0.1, -0.05) is 127 Å². The Morgan fingerprint density at radius 3 is 1.71 bits per heavy atom. The normalized spacial score (nSPS) is 14.0. The van der Waals surface area contributed by atoms with Gasteiger partial charge in [0.15, 0.2) is 5.82 Å². The van der Waals surface area contributed by atoms with Gasteiger partial charge in [0.1, 0.15) is 6.04 Å². The Morgan fingerprint density at radius 2 is 1.00 bits per heavy atom. The van der Waals surface area contributed by atoms with Crippen LogP contribution in [0.1, 0.15) is 17.3 Å². The lowest BCUT2D eigenvalue weighted by atomic mass is 10.1. The van der Waals surface area contributed by atoms with E-state index in [-0.39, 0.29) is 6.04 Å². The van der Waals surface area contributed by atoms with Gasteiger partial charge >= 0.3 is 0 Å². The molecular weight excluding hydrogens is 548 g/mol. The van der Waals surface area contributed by atoms with Gasteiger partial charge in [-0.15, -0.1) is 0 Å². The Hall–Kier alpha value is -6.00. The number of fused-ring (bicyclic) bond motifs is 8. The molecule has 9 aromatic rings. The maximum absolute atomic E-state index is 5.24. The van der Waals surface area contributed by atoms with E-state index < -0.39 is 0 Å². The van der Waals surface area contributed by atoms with E-state index in [0.29, 0.717) is 0 Å². The van der Waals surface area contributed by atoms with Crippen LogP contribution in [-0.4, -0.2) is 19.1 Å². The van der Waals surface area contributed by atoms with Crippen LogP contribution in [0.4, 0.5) is 0 Å². The summed E-state index contributed by atoms with van der Waals surface area (Å²) in [4.78, 5) is 10.5. The minimum absolute atomic E-state index is 0.0274. The van der Waals surface area contributed by atoms with E-state index in [1.165, 1.54) is 49.2 Å². The van der Waals surface area contributed by atoms with Crippen LogP contribution < -0.4 is 0 Å². The second-order valence-corrected chi connectivity index (χ2v) is 11.8. The molecule has 3 aromatic heterocycles. The van der Waals surface area contributed by atoms with Crippen molar-refractivity contribution in [3.8, 4) is 28.3 Å². The SMILES string of the molecule is c1ccc(-c2nc(-c3ccccc3)c3c(n2)C3n2c3ccccc3c3ccc4c5ccccc5n(-c5ccccc5)c4c32)cc1. The lowest BCUT2D eigenvalue weighted by molar-refractivity contribution is 0.842. The molecule has 45 heavy (non-hydrogen) atoms. The number of rotatable bonds is 4. The van der Waals surface area contributed by atoms with Crippen LogP contribution in [0.2, 0.25) is 0 Å². The van der Waals surface area contributed by atoms with Gasteiger partial charge < -0.3 is 9.13 Å². The van der Waals surface area contributed by atoms with Crippen molar-refractivity contribution in [2.24, 2.45) is 0 Å². The van der Waals surface area contributed by atoms with Crippen molar-refractivity contribution in [1.82, 2.24) is 19.1 Å². The molecular formula is C41H26N4. The molecule has 10 rings (SSSR count). The number of para-hydroxylation sites is 3. The molecule has 0 fully saturated rings. The lowest BCUT2D eigenvalue weighted by Crippen LogP contribution is -2.00. The maximum Gasteiger partial charge on any atom is 0.160 e. The second-order valence-electron chi connectivity index (χ2n) is 11.8. The molecule has 210 valence electrons. The quantitative estimate of drug-likeness (QED) is 0.210. The van der Waals surface area contributed by atoms with Gasteiger partial charge in [0.2, 0.25) is 0 Å². The Kier molecular flexibility index (Phi) is 5.02. The van der Waals surface area contributed by atoms with Crippen molar-refractivity contribution in [3.63, 3.8) is 0 Å². The maximum atomic E-state index is 5.24. The Balaban J connectivity index is 1.34. The molecule has 1 aliphatic carbocycles. The molecule has 3 heterocycles. The number of benzene rings is 6. The molecule has 0 bridgehead atoms. The molecule has 0 aliphatic heterocycles. The number of hydrogen-bond acceptors (Lipinski definition) is 2. The molecule has 1 atom stereocenters. The predicted molar refractivity (Wildman–Crippen MR) is 184 cm³/mol. The van der Waals surface area contributed by atoms with E-state index in [2.05, 4.69) is 155 Å². The fourth-order valence-corrected chi connectivity index (χ4v) is 7.31. The minimum atomic E-state index is -0.0274. The summed E-state index contributed by atoms with van der Waals surface area (Å²) in [5, 5.41) is 4.98. The van der Waals surface area contributed by atoms with Crippen molar-refractivity contribution in [1.29, 1.82) is 0 Å². The van der Waals surface area contributed by atoms with Crippen LogP contribution in [-0.2, 0) is 0 Å². The van der Waals surface area contributed by atoms with Crippen LogP contribution in [0.25, 0.3) is 71.9 Å². The molecule has 0 saturated carbocycles. The van der Waals surface area contributed by atoms with E-state index >= 15 is 0 Å². The zero-order valence-electron chi connectivity index (χ0n) is 24.3. The van der Waals surface area contributed by atoms with Gasteiger partial charge in [-0.2, -0.15) is 0 Å². The third-order valence-electron chi connectivity index (χ3n) is 9.28. The molecule has 4 nitrogen and oxygen atoms in total. The Labute approximate surface area is 259 Å². The van der Waals surface area contributed by atoms with Crippen molar-refractivity contribution in [3.05, 3.63) is 163 Å². The smallest absolute Gasteiger partial charge is 0.160 e. The summed E-state index contributed by atoms with van der Waals surface area (Å²) in [6, 6.07) is 53.7. The largest absolute Gasteiger partial charge is 0.325 e. The predicted octanol–water partition coefficient (Wildman–Crippen LogP) is 9.97. The fourth-order valence-electron chi connectivity index (χ4n) is 7.31. The van der Waals surface area contributed by atoms with Crippen molar-refractivity contribution >= 4 is 43.6 Å². The molecule has 0 spiro atoms. The molecule has 4 heteroatoms. The minimum Gasteiger partial charge on any atom is -0.325 e. The first-order chi connectivity index (χ1) is 22.4. The molecule has 6 aromatic carbocycles. The highest BCUT2D eigenvalue weighted by atomic mass is 15.1. The van der Waals surface area contributed by atoms with Gasteiger partial charge in [-0.25, -0.2) is 9.97 Å². The summed E-state index contributed by atoms with van der Waals surface area (Å²) in [7, 11) is 0. The average Bonchev–Trinajstić information content (AvgIpc) is 3.59. The first kappa shape index (κ1) is 24.4. The van der Waals surface area contributed by atoms with Crippen LogP contribution >= 0.6 is 0 Å². The summed E-state index contributed by atoms with van der Waals surface area (Å²) >= 11 is 0. The Morgan fingerprint density at radius 1 is 0.444 bits per heavy atom.